The first-order valence-corrected chi connectivity index (χ1v) is 10.2. The summed E-state index contributed by atoms with van der Waals surface area (Å²) in [7, 11) is 2.24. The number of aromatic nitrogens is 3. The van der Waals surface area contributed by atoms with Crippen molar-refractivity contribution in [1.82, 2.24) is 15.0 Å². The number of nitrogens with zero attached hydrogens (tertiary/aromatic N) is 3. The number of rotatable bonds is 8. The highest BCUT2D eigenvalue weighted by molar-refractivity contribution is 5.92. The number of nitrogens with one attached hydrogen (secondary N) is 1. The summed E-state index contributed by atoms with van der Waals surface area (Å²) in [6.45, 7) is 2.38. The summed E-state index contributed by atoms with van der Waals surface area (Å²) in [4.78, 5) is 12.6. The van der Waals surface area contributed by atoms with Crippen LogP contribution in [0.25, 0.3) is 10.9 Å². The van der Waals surface area contributed by atoms with Crippen LogP contribution in [-0.2, 0) is 10.9 Å². The van der Waals surface area contributed by atoms with Crippen molar-refractivity contribution in [1.29, 1.82) is 0 Å². The molecule has 2 atom stereocenters. The molecule has 3 rings (SSSR count). The van der Waals surface area contributed by atoms with Gasteiger partial charge in [0, 0.05) is 24.8 Å². The minimum atomic E-state index is -4.64. The first kappa shape index (κ1) is 26.3. The number of anilines is 1. The van der Waals surface area contributed by atoms with E-state index in [4.69, 9.17) is 9.47 Å². The van der Waals surface area contributed by atoms with Crippen LogP contribution in [0.5, 0.6) is 11.5 Å². The van der Waals surface area contributed by atoms with Gasteiger partial charge in [0.15, 0.2) is 17.6 Å². The first-order valence-electron chi connectivity index (χ1n) is 10.2. The highest BCUT2D eigenvalue weighted by Crippen LogP contribution is 2.36. The van der Waals surface area contributed by atoms with Gasteiger partial charge in [-0.1, -0.05) is 0 Å². The highest BCUT2D eigenvalue weighted by atomic mass is 19.4. The summed E-state index contributed by atoms with van der Waals surface area (Å²) in [5.41, 5.74) is -0.354. The molecule has 1 N–H and O–H groups in total. The number of pyridine rings is 1. The quantitative estimate of drug-likeness (QED) is 0.407. The molecule has 2 heterocycles. The summed E-state index contributed by atoms with van der Waals surface area (Å²) in [6.07, 6.45) is -10.3. The van der Waals surface area contributed by atoms with Crippen molar-refractivity contribution < 1.29 is 40.6 Å². The Morgan fingerprint density at radius 3 is 2.31 bits per heavy atom. The third kappa shape index (κ3) is 6.21. The predicted octanol–water partition coefficient (Wildman–Crippen LogP) is 5.49. The van der Waals surface area contributed by atoms with E-state index in [-0.39, 0.29) is 23.0 Å². The van der Waals surface area contributed by atoms with Gasteiger partial charge in [0.05, 0.1) is 29.9 Å². The number of fused-ring (bicyclic) bond motifs is 1. The summed E-state index contributed by atoms with van der Waals surface area (Å²) in [5, 5.41) is 3.36. The lowest BCUT2D eigenvalue weighted by atomic mass is 10.1. The molecule has 0 saturated carbocycles. The number of hydrogen-bond donors (Lipinski definition) is 1. The molecule has 0 aliphatic carbocycles. The molecule has 0 spiro atoms. The molecule has 7 nitrogen and oxygen atoms in total. The maximum Gasteiger partial charge on any atom is 0.417 e. The van der Waals surface area contributed by atoms with E-state index >= 15 is 0 Å². The second-order valence-electron chi connectivity index (χ2n) is 7.55. The zero-order chi connectivity index (χ0) is 26.0. The van der Waals surface area contributed by atoms with Crippen LogP contribution in [0.15, 0.2) is 30.5 Å². The molecule has 13 heteroatoms. The molecule has 0 aliphatic rings. The molecule has 35 heavy (non-hydrogen) atoms. The number of halogens is 6. The first-order chi connectivity index (χ1) is 16.3. The van der Waals surface area contributed by atoms with Crippen molar-refractivity contribution in [3.8, 4) is 11.5 Å². The van der Waals surface area contributed by atoms with Gasteiger partial charge >= 0.3 is 12.4 Å². The van der Waals surface area contributed by atoms with E-state index < -0.39 is 36.7 Å². The molecule has 190 valence electrons. The maximum atomic E-state index is 13.1. The van der Waals surface area contributed by atoms with Crippen LogP contribution in [0.2, 0.25) is 0 Å². The van der Waals surface area contributed by atoms with Gasteiger partial charge in [0.25, 0.3) is 0 Å². The van der Waals surface area contributed by atoms with Gasteiger partial charge in [-0.15, -0.1) is 0 Å². The lowest BCUT2D eigenvalue weighted by Crippen LogP contribution is -2.36. The van der Waals surface area contributed by atoms with Crippen molar-refractivity contribution in [2.45, 2.75) is 38.3 Å². The fourth-order valence-corrected chi connectivity index (χ4v) is 3.24. The van der Waals surface area contributed by atoms with Crippen molar-refractivity contribution in [2.75, 3.05) is 26.1 Å². The molecule has 1 unspecified atom stereocenters. The molecule has 2 aromatic heterocycles. The third-order valence-corrected chi connectivity index (χ3v) is 5.04. The summed E-state index contributed by atoms with van der Waals surface area (Å²) >= 11 is 0. The zero-order valence-electron chi connectivity index (χ0n) is 19.1. The van der Waals surface area contributed by atoms with E-state index in [1.165, 1.54) is 19.2 Å². The van der Waals surface area contributed by atoms with E-state index in [0.717, 1.165) is 25.4 Å². The van der Waals surface area contributed by atoms with Gasteiger partial charge in [0.1, 0.15) is 18.2 Å². The van der Waals surface area contributed by atoms with Crippen LogP contribution < -0.4 is 14.8 Å². The summed E-state index contributed by atoms with van der Waals surface area (Å²) in [5.74, 6) is 0.681. The molecule has 0 fully saturated rings. The Morgan fingerprint density at radius 1 is 1.00 bits per heavy atom. The fourth-order valence-electron chi connectivity index (χ4n) is 3.24. The van der Waals surface area contributed by atoms with Crippen molar-refractivity contribution in [3.05, 3.63) is 47.5 Å². The number of alkyl halides is 6. The average molecular weight is 504 g/mol. The molecule has 3 aromatic rings. The van der Waals surface area contributed by atoms with Gasteiger partial charge in [-0.2, -0.15) is 26.3 Å². The SMILES string of the molecule is COc1cc2nc(C)nc(N[C@H](C)c3cc(C(F)(F)F)ccn3)c2cc1OCC(OC)C(F)(F)F. The number of ether oxygens (including phenoxy) is 3. The molecule has 0 aliphatic heterocycles. The second-order valence-corrected chi connectivity index (χ2v) is 7.55. The smallest absolute Gasteiger partial charge is 0.417 e. The monoisotopic (exact) mass is 504 g/mol. The minimum Gasteiger partial charge on any atom is -0.493 e. The molecular weight excluding hydrogens is 482 g/mol. The van der Waals surface area contributed by atoms with E-state index in [1.807, 2.05) is 0 Å². The van der Waals surface area contributed by atoms with E-state index in [1.54, 1.807) is 13.8 Å². The number of methoxy groups -OCH3 is 2. The Labute approximate surface area is 196 Å². The van der Waals surface area contributed by atoms with E-state index in [9.17, 15) is 26.3 Å². The van der Waals surface area contributed by atoms with Crippen molar-refractivity contribution >= 4 is 16.7 Å². The van der Waals surface area contributed by atoms with Crippen LogP contribution in [0.1, 0.15) is 30.0 Å². The Kier molecular flexibility index (Phi) is 7.58. The van der Waals surface area contributed by atoms with Crippen LogP contribution in [0.4, 0.5) is 32.2 Å². The summed E-state index contributed by atoms with van der Waals surface area (Å²) < 4.78 is 93.4. The standard InChI is InChI=1S/C22H22F6N4O3/c1-11(15-7-13(5-6-29-15)21(23,24)25)30-20-14-8-18(35-10-19(34-4)22(26,27)28)17(33-3)9-16(14)31-12(2)32-20/h5-9,11,19H,10H2,1-4H3,(H,30,31,32)/t11-,19?/m1/s1. The fraction of sp³-hybridized carbons (Fsp3) is 0.409. The number of aryl methyl sites for hydroxylation is 1. The Morgan fingerprint density at radius 2 is 1.71 bits per heavy atom. The molecular formula is C22H22F6N4O3. The van der Waals surface area contributed by atoms with Crippen LogP contribution in [-0.4, -0.2) is 48.1 Å². The topological polar surface area (TPSA) is 78.4 Å². The predicted molar refractivity (Wildman–Crippen MR) is 114 cm³/mol. The molecule has 0 bridgehead atoms. The number of hydrogen-bond acceptors (Lipinski definition) is 7. The highest BCUT2D eigenvalue weighted by Gasteiger charge is 2.40. The van der Waals surface area contributed by atoms with Crippen LogP contribution in [0.3, 0.4) is 0 Å². The molecule has 0 amide bonds. The lowest BCUT2D eigenvalue weighted by molar-refractivity contribution is -0.219. The minimum absolute atomic E-state index is 0.0216. The molecule has 1 aromatic carbocycles. The molecule has 0 radical (unpaired) electrons. The van der Waals surface area contributed by atoms with E-state index in [2.05, 4.69) is 25.0 Å². The van der Waals surface area contributed by atoms with Crippen LogP contribution in [0, 0.1) is 6.92 Å². The van der Waals surface area contributed by atoms with E-state index in [0.29, 0.717) is 16.7 Å². The number of benzene rings is 1. The Balaban J connectivity index is 1.97. The largest absolute Gasteiger partial charge is 0.493 e. The van der Waals surface area contributed by atoms with Gasteiger partial charge in [-0.3, -0.25) is 4.98 Å². The maximum absolute atomic E-state index is 13.1. The Hall–Kier alpha value is -3.35. The second kappa shape index (κ2) is 10.1. The van der Waals surface area contributed by atoms with Gasteiger partial charge in [-0.25, -0.2) is 9.97 Å². The van der Waals surface area contributed by atoms with Crippen molar-refractivity contribution in [3.63, 3.8) is 0 Å². The molecule has 0 saturated heterocycles. The van der Waals surface area contributed by atoms with Crippen molar-refractivity contribution in [2.24, 2.45) is 0 Å². The lowest BCUT2D eigenvalue weighted by Gasteiger charge is -2.21. The third-order valence-electron chi connectivity index (χ3n) is 5.04. The summed E-state index contributed by atoms with van der Waals surface area (Å²) in [6, 6.07) is 3.95. The Bertz CT molecular complexity index is 1190. The average Bonchev–Trinajstić information content (AvgIpc) is 2.77. The van der Waals surface area contributed by atoms with Gasteiger partial charge in [-0.05, 0) is 32.0 Å². The zero-order valence-corrected chi connectivity index (χ0v) is 19.1. The normalized spacial score (nSPS) is 14.0. The van der Waals surface area contributed by atoms with Gasteiger partial charge in [0.2, 0.25) is 0 Å². The van der Waals surface area contributed by atoms with Gasteiger partial charge < -0.3 is 19.5 Å². The van der Waals surface area contributed by atoms with Crippen LogP contribution >= 0.6 is 0 Å².